The second kappa shape index (κ2) is 7.93. The largest absolute Gasteiger partial charge is 0.497 e. The minimum absolute atomic E-state index is 0.170. The summed E-state index contributed by atoms with van der Waals surface area (Å²) in [7, 11) is 1.67. The van der Waals surface area contributed by atoms with Gasteiger partial charge < -0.3 is 4.74 Å². The first-order valence-corrected chi connectivity index (χ1v) is 9.71. The monoisotopic (exact) mass is 334 g/mol. The van der Waals surface area contributed by atoms with Crippen LogP contribution in [0.5, 0.6) is 5.75 Å². The third kappa shape index (κ3) is 4.20. The maximum absolute atomic E-state index is 12.4. The summed E-state index contributed by atoms with van der Waals surface area (Å²) in [6.07, 6.45) is 9.28. The zero-order valence-electron chi connectivity index (χ0n) is 13.5. The van der Waals surface area contributed by atoms with Crippen molar-refractivity contribution >= 4 is 35.4 Å². The summed E-state index contributed by atoms with van der Waals surface area (Å²) < 4.78 is 6.28. The van der Waals surface area contributed by atoms with E-state index in [9.17, 15) is 4.79 Å². The Hall–Kier alpha value is -1.13. The molecule has 2 unspecified atom stereocenters. The Morgan fingerprint density at radius 1 is 1.23 bits per heavy atom. The van der Waals surface area contributed by atoms with Crippen LogP contribution in [0.25, 0.3) is 6.08 Å². The maximum atomic E-state index is 12.4. The van der Waals surface area contributed by atoms with Gasteiger partial charge in [0.1, 0.15) is 5.75 Å². The Bertz CT molecular complexity index is 582. The number of allylic oxidation sites excluding steroid dienone is 2. The quantitative estimate of drug-likeness (QED) is 0.665. The van der Waals surface area contributed by atoms with Crippen LogP contribution in [0.15, 0.2) is 40.2 Å². The number of Topliss-reactive ketones (excluding diaryl/α,β-unsaturated/α-hetero) is 1. The van der Waals surface area contributed by atoms with E-state index >= 15 is 0 Å². The molecule has 2 atom stereocenters. The third-order valence-electron chi connectivity index (χ3n) is 3.87. The summed E-state index contributed by atoms with van der Waals surface area (Å²) in [5.74, 6) is 1.72. The average Bonchev–Trinajstić information content (AvgIpc) is 3.33. The normalized spacial score (nSPS) is 20.0. The lowest BCUT2D eigenvalue weighted by Crippen LogP contribution is -2.04. The van der Waals surface area contributed by atoms with E-state index in [1.165, 1.54) is 0 Å². The van der Waals surface area contributed by atoms with E-state index < -0.39 is 0 Å². The van der Waals surface area contributed by atoms with Gasteiger partial charge in [0.25, 0.3) is 0 Å². The molecule has 0 heterocycles. The van der Waals surface area contributed by atoms with Crippen LogP contribution >= 0.6 is 23.5 Å². The van der Waals surface area contributed by atoms with Crippen LogP contribution in [0.2, 0.25) is 0 Å². The van der Waals surface area contributed by atoms with E-state index in [-0.39, 0.29) is 5.92 Å². The Morgan fingerprint density at radius 3 is 2.41 bits per heavy atom. The molecule has 1 saturated carbocycles. The zero-order valence-corrected chi connectivity index (χ0v) is 15.1. The summed E-state index contributed by atoms with van der Waals surface area (Å²) >= 11 is 3.32. The minimum atomic E-state index is 0.170. The van der Waals surface area contributed by atoms with Gasteiger partial charge in [-0.05, 0) is 49.5 Å². The van der Waals surface area contributed by atoms with E-state index in [2.05, 4.69) is 12.2 Å². The van der Waals surface area contributed by atoms with Crippen molar-refractivity contribution in [2.75, 3.05) is 19.6 Å². The molecule has 4 heteroatoms. The van der Waals surface area contributed by atoms with Crippen molar-refractivity contribution in [3.8, 4) is 5.75 Å². The molecule has 118 valence electrons. The number of ether oxygens (including phenoxy) is 1. The van der Waals surface area contributed by atoms with Gasteiger partial charge in [-0.15, -0.1) is 23.5 Å². The Morgan fingerprint density at radius 2 is 1.86 bits per heavy atom. The van der Waals surface area contributed by atoms with Gasteiger partial charge in [0.15, 0.2) is 5.78 Å². The number of carbonyl (C=O) groups is 1. The molecule has 0 radical (unpaired) electrons. The van der Waals surface area contributed by atoms with Crippen molar-refractivity contribution in [3.63, 3.8) is 0 Å². The molecule has 1 fully saturated rings. The Kier molecular flexibility index (Phi) is 6.21. The second-order valence-corrected chi connectivity index (χ2v) is 7.21. The number of carbonyl (C=O) groups excluding carboxylic acids is 1. The molecule has 0 amide bonds. The number of benzene rings is 1. The molecule has 1 aliphatic carbocycles. The van der Waals surface area contributed by atoms with Gasteiger partial charge >= 0.3 is 0 Å². The predicted molar refractivity (Wildman–Crippen MR) is 98.4 cm³/mol. The predicted octanol–water partition coefficient (Wildman–Crippen LogP) is 4.87. The molecule has 1 aliphatic rings. The number of hydrogen-bond donors (Lipinski definition) is 0. The van der Waals surface area contributed by atoms with Gasteiger partial charge in [-0.25, -0.2) is 0 Å². The molecule has 2 rings (SSSR count). The number of methoxy groups -OCH3 is 1. The van der Waals surface area contributed by atoms with Crippen LogP contribution < -0.4 is 4.74 Å². The fourth-order valence-corrected chi connectivity index (χ4v) is 3.93. The third-order valence-corrected chi connectivity index (χ3v) is 6.23. The minimum Gasteiger partial charge on any atom is -0.497 e. The topological polar surface area (TPSA) is 26.3 Å². The van der Waals surface area contributed by atoms with Crippen molar-refractivity contribution in [1.29, 1.82) is 0 Å². The fourth-order valence-electron chi connectivity index (χ4n) is 2.45. The maximum Gasteiger partial charge on any atom is 0.163 e. The first-order chi connectivity index (χ1) is 10.6. The van der Waals surface area contributed by atoms with E-state index in [1.807, 2.05) is 43.7 Å². The molecule has 0 N–H and O–H groups in total. The lowest BCUT2D eigenvalue weighted by Gasteiger charge is -2.05. The van der Waals surface area contributed by atoms with Crippen molar-refractivity contribution in [3.05, 3.63) is 45.7 Å². The number of rotatable bonds is 7. The van der Waals surface area contributed by atoms with Crippen molar-refractivity contribution in [2.24, 2.45) is 11.8 Å². The molecule has 0 aromatic heterocycles. The average molecular weight is 335 g/mol. The zero-order chi connectivity index (χ0) is 16.1. The van der Waals surface area contributed by atoms with Crippen molar-refractivity contribution in [2.45, 2.75) is 13.3 Å². The molecule has 0 saturated heterocycles. The summed E-state index contributed by atoms with van der Waals surface area (Å²) in [6.45, 7) is 1.95. The van der Waals surface area contributed by atoms with Crippen LogP contribution in [-0.2, 0) is 4.79 Å². The SMILES string of the molecule is COc1ccc(/C=C/C2CC2C(=O)C(C)=C(SC)SC)cc1. The number of hydrogen-bond acceptors (Lipinski definition) is 4. The van der Waals surface area contributed by atoms with Crippen LogP contribution in [-0.4, -0.2) is 25.4 Å². The van der Waals surface area contributed by atoms with Crippen LogP contribution in [0, 0.1) is 11.8 Å². The fraction of sp³-hybridized carbons (Fsp3) is 0.389. The molecular formula is C18H22O2S2. The molecule has 22 heavy (non-hydrogen) atoms. The van der Waals surface area contributed by atoms with Gasteiger partial charge in [-0.2, -0.15) is 0 Å². The molecule has 0 bridgehead atoms. The van der Waals surface area contributed by atoms with Crippen molar-refractivity contribution in [1.82, 2.24) is 0 Å². The molecular weight excluding hydrogens is 312 g/mol. The van der Waals surface area contributed by atoms with E-state index in [4.69, 9.17) is 4.74 Å². The van der Waals surface area contributed by atoms with Gasteiger partial charge in [-0.1, -0.05) is 24.3 Å². The number of thioether (sulfide) groups is 2. The second-order valence-electron chi connectivity index (χ2n) is 5.32. The highest BCUT2D eigenvalue weighted by Gasteiger charge is 2.41. The van der Waals surface area contributed by atoms with Crippen molar-refractivity contribution < 1.29 is 9.53 Å². The standard InChI is InChI=1S/C18H22O2S2/c1-12(18(21-3)22-4)17(19)16-11-14(16)8-5-13-6-9-15(20-2)10-7-13/h5-10,14,16H,11H2,1-4H3/b8-5+. The highest BCUT2D eigenvalue weighted by Crippen LogP contribution is 2.43. The molecule has 0 aliphatic heterocycles. The van der Waals surface area contributed by atoms with Gasteiger partial charge in [0.2, 0.25) is 0 Å². The summed E-state index contributed by atoms with van der Waals surface area (Å²) in [5, 5.41) is 0. The first kappa shape index (κ1) is 17.2. The van der Waals surface area contributed by atoms with E-state index in [0.717, 1.165) is 27.5 Å². The highest BCUT2D eigenvalue weighted by molar-refractivity contribution is 8.21. The van der Waals surface area contributed by atoms with Gasteiger partial charge in [0, 0.05) is 15.7 Å². The van der Waals surface area contributed by atoms with Gasteiger partial charge in [0.05, 0.1) is 7.11 Å². The Labute approximate surface area is 141 Å². The van der Waals surface area contributed by atoms with Gasteiger partial charge in [-0.3, -0.25) is 4.79 Å². The summed E-state index contributed by atoms with van der Waals surface area (Å²) in [4.78, 5) is 12.4. The summed E-state index contributed by atoms with van der Waals surface area (Å²) in [5.41, 5.74) is 2.06. The first-order valence-electron chi connectivity index (χ1n) is 7.26. The van der Waals surface area contributed by atoms with Crippen LogP contribution in [0.3, 0.4) is 0 Å². The lowest BCUT2D eigenvalue weighted by atomic mass is 10.1. The van der Waals surface area contributed by atoms with Crippen LogP contribution in [0.1, 0.15) is 18.9 Å². The Balaban J connectivity index is 1.96. The highest BCUT2D eigenvalue weighted by atomic mass is 32.2. The molecule has 1 aromatic carbocycles. The lowest BCUT2D eigenvalue weighted by molar-refractivity contribution is -0.116. The summed E-state index contributed by atoms with van der Waals surface area (Å²) in [6, 6.07) is 7.95. The van der Waals surface area contributed by atoms with E-state index in [0.29, 0.717) is 11.7 Å². The van der Waals surface area contributed by atoms with Crippen LogP contribution in [0.4, 0.5) is 0 Å². The smallest absolute Gasteiger partial charge is 0.163 e. The number of ketones is 1. The molecule has 2 nitrogen and oxygen atoms in total. The molecule has 0 spiro atoms. The van der Waals surface area contributed by atoms with E-state index in [1.54, 1.807) is 30.6 Å². The molecule has 1 aromatic rings.